The Balaban J connectivity index is 1.93. The molecule has 1 atom stereocenters. The first-order valence-corrected chi connectivity index (χ1v) is 7.00. The second kappa shape index (κ2) is 5.83. The number of halogens is 2. The third kappa shape index (κ3) is 2.81. The largest absolute Gasteiger partial charge is 0.454 e. The van der Waals surface area contributed by atoms with Crippen LogP contribution >= 0.6 is 0 Å². The monoisotopic (exact) mass is 320 g/mol. The molecule has 0 aliphatic rings. The number of aromatic nitrogens is 2. The number of hydrogen-bond acceptors (Lipinski definition) is 4. The Labute approximate surface area is 130 Å². The zero-order valence-electron chi connectivity index (χ0n) is 12.5. The SMILES string of the molecule is Cc1ccc(C(=O)OC(C)c2nc3ccccc3n2C(F)F)o1. The van der Waals surface area contributed by atoms with Gasteiger partial charge < -0.3 is 9.15 Å². The van der Waals surface area contributed by atoms with Gasteiger partial charge in [-0.15, -0.1) is 0 Å². The summed E-state index contributed by atoms with van der Waals surface area (Å²) in [5.74, 6) is -0.158. The van der Waals surface area contributed by atoms with Gasteiger partial charge in [-0.3, -0.25) is 4.57 Å². The van der Waals surface area contributed by atoms with Crippen molar-refractivity contribution in [2.75, 3.05) is 0 Å². The number of ether oxygens (including phenoxy) is 1. The molecule has 0 saturated heterocycles. The van der Waals surface area contributed by atoms with Crippen molar-refractivity contribution < 1.29 is 22.7 Å². The van der Waals surface area contributed by atoms with E-state index in [0.717, 1.165) is 4.57 Å². The van der Waals surface area contributed by atoms with Crippen molar-refractivity contribution in [2.45, 2.75) is 26.5 Å². The summed E-state index contributed by atoms with van der Waals surface area (Å²) < 4.78 is 37.9. The lowest BCUT2D eigenvalue weighted by atomic mass is 10.3. The van der Waals surface area contributed by atoms with E-state index in [-0.39, 0.29) is 17.1 Å². The molecule has 0 radical (unpaired) electrons. The predicted molar refractivity (Wildman–Crippen MR) is 78.3 cm³/mol. The minimum Gasteiger partial charge on any atom is -0.454 e. The normalized spacial score (nSPS) is 12.7. The summed E-state index contributed by atoms with van der Waals surface area (Å²) in [6, 6.07) is 9.62. The summed E-state index contributed by atoms with van der Waals surface area (Å²) >= 11 is 0. The lowest BCUT2D eigenvalue weighted by molar-refractivity contribution is 0.0202. The molecule has 23 heavy (non-hydrogen) atoms. The van der Waals surface area contributed by atoms with Crippen molar-refractivity contribution in [3.63, 3.8) is 0 Å². The van der Waals surface area contributed by atoms with Crippen molar-refractivity contribution in [3.8, 4) is 0 Å². The number of para-hydroxylation sites is 2. The van der Waals surface area contributed by atoms with E-state index in [4.69, 9.17) is 9.15 Å². The quantitative estimate of drug-likeness (QED) is 0.674. The predicted octanol–water partition coefficient (Wildman–Crippen LogP) is 4.25. The Morgan fingerprint density at radius 1 is 1.26 bits per heavy atom. The van der Waals surface area contributed by atoms with Crippen LogP contribution in [0, 0.1) is 6.92 Å². The Hall–Kier alpha value is -2.70. The molecule has 3 rings (SSSR count). The van der Waals surface area contributed by atoms with Crippen molar-refractivity contribution in [3.05, 3.63) is 53.7 Å². The number of imidazole rings is 1. The molecule has 0 bridgehead atoms. The molecule has 0 amide bonds. The van der Waals surface area contributed by atoms with Gasteiger partial charge in [0.25, 0.3) is 0 Å². The third-order valence-electron chi connectivity index (χ3n) is 3.41. The molecule has 2 aromatic heterocycles. The molecule has 0 spiro atoms. The molecule has 3 aromatic rings. The first-order chi connectivity index (χ1) is 11.0. The minimum atomic E-state index is -2.79. The van der Waals surface area contributed by atoms with Gasteiger partial charge in [-0.1, -0.05) is 12.1 Å². The second-order valence-electron chi connectivity index (χ2n) is 5.06. The van der Waals surface area contributed by atoms with Gasteiger partial charge in [-0.2, -0.15) is 8.78 Å². The highest BCUT2D eigenvalue weighted by Crippen LogP contribution is 2.28. The smallest absolute Gasteiger partial charge is 0.374 e. The highest BCUT2D eigenvalue weighted by molar-refractivity contribution is 5.86. The van der Waals surface area contributed by atoms with Crippen LogP contribution in [0.4, 0.5) is 8.78 Å². The molecule has 5 nitrogen and oxygen atoms in total. The van der Waals surface area contributed by atoms with Crippen LogP contribution in [-0.2, 0) is 4.74 Å². The van der Waals surface area contributed by atoms with Crippen LogP contribution in [0.3, 0.4) is 0 Å². The van der Waals surface area contributed by atoms with Crippen LogP contribution in [0.25, 0.3) is 11.0 Å². The van der Waals surface area contributed by atoms with E-state index in [1.807, 2.05) is 0 Å². The number of alkyl halides is 2. The molecule has 0 fully saturated rings. The fourth-order valence-corrected chi connectivity index (χ4v) is 2.37. The number of hydrogen-bond donors (Lipinski definition) is 0. The lowest BCUT2D eigenvalue weighted by Crippen LogP contribution is -2.14. The molecule has 0 saturated carbocycles. The number of carbonyl (C=O) groups excluding carboxylic acids is 1. The molecular formula is C16H14F2N2O3. The number of rotatable bonds is 4. The van der Waals surface area contributed by atoms with Gasteiger partial charge in [-0.25, -0.2) is 9.78 Å². The van der Waals surface area contributed by atoms with E-state index in [1.165, 1.54) is 13.0 Å². The van der Waals surface area contributed by atoms with Crippen LogP contribution < -0.4 is 0 Å². The Kier molecular flexibility index (Phi) is 3.85. The molecular weight excluding hydrogens is 306 g/mol. The Bertz CT molecular complexity index is 854. The molecule has 120 valence electrons. The van der Waals surface area contributed by atoms with Crippen molar-refractivity contribution >= 4 is 17.0 Å². The Morgan fingerprint density at radius 2 is 2.00 bits per heavy atom. The molecule has 0 aliphatic heterocycles. The highest BCUT2D eigenvalue weighted by Gasteiger charge is 2.25. The average Bonchev–Trinajstić information content (AvgIpc) is 3.10. The van der Waals surface area contributed by atoms with E-state index < -0.39 is 18.6 Å². The summed E-state index contributed by atoms with van der Waals surface area (Å²) in [5, 5.41) is 0. The molecule has 2 heterocycles. The lowest BCUT2D eigenvalue weighted by Gasteiger charge is -2.14. The summed E-state index contributed by atoms with van der Waals surface area (Å²) in [7, 11) is 0. The minimum absolute atomic E-state index is 0.0159. The molecule has 1 aromatic carbocycles. The molecule has 0 N–H and O–H groups in total. The summed E-state index contributed by atoms with van der Waals surface area (Å²) in [6.45, 7) is 0.397. The van der Waals surface area contributed by atoms with E-state index in [9.17, 15) is 13.6 Å². The second-order valence-corrected chi connectivity index (χ2v) is 5.06. The van der Waals surface area contributed by atoms with E-state index in [1.54, 1.807) is 37.3 Å². The van der Waals surface area contributed by atoms with Gasteiger partial charge in [-0.05, 0) is 38.1 Å². The number of nitrogens with zero attached hydrogens (tertiary/aromatic N) is 2. The topological polar surface area (TPSA) is 57.3 Å². The maximum Gasteiger partial charge on any atom is 0.374 e. The maximum absolute atomic E-state index is 13.4. The van der Waals surface area contributed by atoms with Gasteiger partial charge in [0.05, 0.1) is 11.0 Å². The fraction of sp³-hybridized carbons (Fsp3) is 0.250. The summed E-state index contributed by atoms with van der Waals surface area (Å²) in [6.07, 6.45) is -0.950. The maximum atomic E-state index is 13.4. The number of fused-ring (bicyclic) bond motifs is 1. The van der Waals surface area contributed by atoms with Crippen LogP contribution in [0.1, 0.15) is 41.7 Å². The van der Waals surface area contributed by atoms with Gasteiger partial charge in [0.1, 0.15) is 5.76 Å². The molecule has 1 unspecified atom stereocenters. The van der Waals surface area contributed by atoms with Crippen LogP contribution in [0.5, 0.6) is 0 Å². The van der Waals surface area contributed by atoms with E-state index in [2.05, 4.69) is 4.98 Å². The number of carbonyl (C=O) groups is 1. The molecule has 0 aliphatic carbocycles. The highest BCUT2D eigenvalue weighted by atomic mass is 19.3. The van der Waals surface area contributed by atoms with Crippen molar-refractivity contribution in [2.24, 2.45) is 0 Å². The zero-order valence-corrected chi connectivity index (χ0v) is 12.5. The van der Waals surface area contributed by atoms with Gasteiger partial charge in [0.2, 0.25) is 5.76 Å². The van der Waals surface area contributed by atoms with Gasteiger partial charge in [0.15, 0.2) is 11.9 Å². The van der Waals surface area contributed by atoms with E-state index in [0.29, 0.717) is 11.3 Å². The molecule has 7 heteroatoms. The van der Waals surface area contributed by atoms with Crippen LogP contribution in [0.2, 0.25) is 0 Å². The van der Waals surface area contributed by atoms with Crippen molar-refractivity contribution in [1.82, 2.24) is 9.55 Å². The summed E-state index contributed by atoms with van der Waals surface area (Å²) in [4.78, 5) is 16.2. The first kappa shape index (κ1) is 15.2. The Morgan fingerprint density at radius 3 is 2.65 bits per heavy atom. The standard InChI is InChI=1S/C16H14F2N2O3/c1-9-7-8-13(22-9)15(21)23-10(2)14-19-11-5-3-4-6-12(11)20(14)16(17)18/h3-8,10,16H,1-2H3. The fourth-order valence-electron chi connectivity index (χ4n) is 2.37. The number of furan rings is 1. The summed E-state index contributed by atoms with van der Waals surface area (Å²) in [5.41, 5.74) is 0.703. The third-order valence-corrected chi connectivity index (χ3v) is 3.41. The zero-order chi connectivity index (χ0) is 16.6. The van der Waals surface area contributed by atoms with Crippen LogP contribution in [-0.4, -0.2) is 15.5 Å². The van der Waals surface area contributed by atoms with Crippen molar-refractivity contribution in [1.29, 1.82) is 0 Å². The van der Waals surface area contributed by atoms with Gasteiger partial charge in [0, 0.05) is 0 Å². The average molecular weight is 320 g/mol. The van der Waals surface area contributed by atoms with Gasteiger partial charge >= 0.3 is 12.5 Å². The first-order valence-electron chi connectivity index (χ1n) is 7.00. The van der Waals surface area contributed by atoms with E-state index >= 15 is 0 Å². The number of esters is 1. The number of benzene rings is 1. The van der Waals surface area contributed by atoms with Crippen LogP contribution in [0.15, 0.2) is 40.8 Å². The number of aryl methyl sites for hydroxylation is 1.